The van der Waals surface area contributed by atoms with Crippen LogP contribution < -0.4 is 5.56 Å². The third-order valence-electron chi connectivity index (χ3n) is 1.86. The Morgan fingerprint density at radius 3 is 2.43 bits per heavy atom. The van der Waals surface area contributed by atoms with E-state index in [-0.39, 0.29) is 11.1 Å². The summed E-state index contributed by atoms with van der Waals surface area (Å²) in [6, 6.07) is 0. The Labute approximate surface area is 91.4 Å². The molecule has 14 heavy (non-hydrogen) atoms. The Balaban J connectivity index is 3.23. The molecule has 0 aliphatic heterocycles. The van der Waals surface area contributed by atoms with Gasteiger partial charge in [-0.05, 0) is 36.7 Å². The number of ether oxygens (including phenoxy) is 1. The summed E-state index contributed by atoms with van der Waals surface area (Å²) < 4.78 is 7.12. The van der Waals surface area contributed by atoms with E-state index >= 15 is 0 Å². The molecular weight excluding hydrogens is 248 g/mol. The number of nitrogens with zero attached hydrogens (tertiary/aromatic N) is 1. The molecule has 4 nitrogen and oxygen atoms in total. The van der Waals surface area contributed by atoms with Gasteiger partial charge >= 0.3 is 0 Å². The predicted molar refractivity (Wildman–Crippen MR) is 58.5 cm³/mol. The second-order valence-electron chi connectivity index (χ2n) is 4.15. The summed E-state index contributed by atoms with van der Waals surface area (Å²) in [5.41, 5.74) is 0.475. The molecule has 0 aromatic carbocycles. The maximum absolute atomic E-state index is 11.7. The van der Waals surface area contributed by atoms with Crippen molar-refractivity contribution in [2.75, 3.05) is 7.11 Å². The van der Waals surface area contributed by atoms with Gasteiger partial charge in [-0.2, -0.15) is 0 Å². The standard InChI is InChI=1S/C9H15BrN2O2/c1-9(2,3)12-8(13)7(10)6(11-12)5-14-4/h11H,5H2,1-4H3. The zero-order valence-electron chi connectivity index (χ0n) is 8.85. The van der Waals surface area contributed by atoms with Crippen molar-refractivity contribution in [2.45, 2.75) is 32.9 Å². The maximum Gasteiger partial charge on any atom is 0.281 e. The number of aromatic nitrogens is 2. The number of nitrogens with one attached hydrogen (secondary N) is 1. The summed E-state index contributed by atoms with van der Waals surface area (Å²) in [6.45, 7) is 6.30. The fraction of sp³-hybridized carbons (Fsp3) is 0.667. The zero-order valence-corrected chi connectivity index (χ0v) is 10.4. The van der Waals surface area contributed by atoms with Crippen molar-refractivity contribution in [1.29, 1.82) is 0 Å². The molecule has 5 heteroatoms. The fourth-order valence-corrected chi connectivity index (χ4v) is 1.55. The van der Waals surface area contributed by atoms with Gasteiger partial charge in [0.15, 0.2) is 0 Å². The van der Waals surface area contributed by atoms with Gasteiger partial charge in [-0.3, -0.25) is 9.89 Å². The molecule has 1 aromatic heterocycles. The molecule has 0 amide bonds. The lowest BCUT2D eigenvalue weighted by Gasteiger charge is -2.19. The molecule has 1 N–H and O–H groups in total. The van der Waals surface area contributed by atoms with Crippen LogP contribution in [0.5, 0.6) is 0 Å². The minimum Gasteiger partial charge on any atom is -0.378 e. The first-order valence-corrected chi connectivity index (χ1v) is 5.16. The van der Waals surface area contributed by atoms with Crippen LogP contribution in [-0.4, -0.2) is 16.9 Å². The van der Waals surface area contributed by atoms with E-state index in [2.05, 4.69) is 21.0 Å². The lowest BCUT2D eigenvalue weighted by Crippen LogP contribution is -2.32. The average molecular weight is 263 g/mol. The summed E-state index contributed by atoms with van der Waals surface area (Å²) in [5.74, 6) is 0. The molecule has 1 aromatic rings. The Morgan fingerprint density at radius 1 is 1.50 bits per heavy atom. The molecule has 0 fully saturated rings. The molecule has 80 valence electrons. The van der Waals surface area contributed by atoms with Crippen LogP contribution in [0.15, 0.2) is 9.27 Å². The number of halogens is 1. The van der Waals surface area contributed by atoms with E-state index in [0.717, 1.165) is 5.69 Å². The molecule has 0 aliphatic carbocycles. The summed E-state index contributed by atoms with van der Waals surface area (Å²) in [4.78, 5) is 11.7. The van der Waals surface area contributed by atoms with Crippen molar-refractivity contribution in [2.24, 2.45) is 0 Å². The molecule has 0 aliphatic rings. The number of rotatable bonds is 2. The summed E-state index contributed by atoms with van der Waals surface area (Å²) in [6.07, 6.45) is 0. The molecule has 0 atom stereocenters. The number of H-pyrrole nitrogens is 1. The van der Waals surface area contributed by atoms with Crippen molar-refractivity contribution in [3.05, 3.63) is 20.5 Å². The van der Waals surface area contributed by atoms with Crippen LogP contribution in [0.2, 0.25) is 0 Å². The molecule has 0 bridgehead atoms. The lowest BCUT2D eigenvalue weighted by molar-refractivity contribution is 0.179. The monoisotopic (exact) mass is 262 g/mol. The molecule has 0 saturated heterocycles. The number of methoxy groups -OCH3 is 1. The maximum atomic E-state index is 11.7. The third kappa shape index (κ3) is 2.09. The minimum atomic E-state index is -0.244. The van der Waals surface area contributed by atoms with Gasteiger partial charge in [0.25, 0.3) is 5.56 Å². The van der Waals surface area contributed by atoms with E-state index in [4.69, 9.17) is 4.74 Å². The number of aromatic amines is 1. The summed E-state index contributed by atoms with van der Waals surface area (Å²) >= 11 is 3.25. The Kier molecular flexibility index (Phi) is 3.21. The normalized spacial score (nSPS) is 12.1. The number of hydrogen-bond donors (Lipinski definition) is 1. The van der Waals surface area contributed by atoms with E-state index in [1.807, 2.05) is 20.8 Å². The van der Waals surface area contributed by atoms with Crippen LogP contribution in [0.1, 0.15) is 26.5 Å². The van der Waals surface area contributed by atoms with E-state index in [0.29, 0.717) is 11.1 Å². The van der Waals surface area contributed by atoms with Crippen LogP contribution in [0.4, 0.5) is 0 Å². The first-order valence-electron chi connectivity index (χ1n) is 4.36. The van der Waals surface area contributed by atoms with Crippen LogP contribution in [0, 0.1) is 0 Å². The smallest absolute Gasteiger partial charge is 0.281 e. The van der Waals surface area contributed by atoms with Crippen LogP contribution in [-0.2, 0) is 16.9 Å². The van der Waals surface area contributed by atoms with Gasteiger partial charge < -0.3 is 4.74 Å². The van der Waals surface area contributed by atoms with Gasteiger partial charge in [-0.25, -0.2) is 4.68 Å². The zero-order chi connectivity index (χ0) is 10.9. The van der Waals surface area contributed by atoms with Gasteiger partial charge in [0.05, 0.1) is 17.8 Å². The second kappa shape index (κ2) is 3.90. The van der Waals surface area contributed by atoms with Gasteiger partial charge in [0, 0.05) is 7.11 Å². The van der Waals surface area contributed by atoms with Gasteiger partial charge in [-0.15, -0.1) is 0 Å². The highest BCUT2D eigenvalue weighted by atomic mass is 79.9. The fourth-order valence-electron chi connectivity index (χ4n) is 1.17. The topological polar surface area (TPSA) is 47.0 Å². The SMILES string of the molecule is COCc1[nH]n(C(C)(C)C)c(=O)c1Br. The number of hydrogen-bond acceptors (Lipinski definition) is 2. The Morgan fingerprint density at radius 2 is 2.07 bits per heavy atom. The van der Waals surface area contributed by atoms with Crippen molar-refractivity contribution in [1.82, 2.24) is 9.78 Å². The van der Waals surface area contributed by atoms with Crippen LogP contribution in [0.3, 0.4) is 0 Å². The van der Waals surface area contributed by atoms with Gasteiger partial charge in [0.2, 0.25) is 0 Å². The van der Waals surface area contributed by atoms with Crippen molar-refractivity contribution >= 4 is 15.9 Å². The van der Waals surface area contributed by atoms with Crippen molar-refractivity contribution in [3.63, 3.8) is 0 Å². The largest absolute Gasteiger partial charge is 0.378 e. The third-order valence-corrected chi connectivity index (χ3v) is 2.68. The molecule has 1 rings (SSSR count). The summed E-state index contributed by atoms with van der Waals surface area (Å²) in [5, 5.41) is 3.02. The highest BCUT2D eigenvalue weighted by Crippen LogP contribution is 2.16. The predicted octanol–water partition coefficient (Wildman–Crippen LogP) is 1.84. The van der Waals surface area contributed by atoms with E-state index in [1.54, 1.807) is 11.8 Å². The quantitative estimate of drug-likeness (QED) is 0.885. The van der Waals surface area contributed by atoms with Crippen LogP contribution >= 0.6 is 15.9 Å². The highest BCUT2D eigenvalue weighted by molar-refractivity contribution is 9.10. The summed E-state index contributed by atoms with van der Waals surface area (Å²) in [7, 11) is 1.60. The van der Waals surface area contributed by atoms with Crippen molar-refractivity contribution < 1.29 is 4.74 Å². The Bertz CT molecular complexity index is 373. The lowest BCUT2D eigenvalue weighted by atomic mass is 10.1. The van der Waals surface area contributed by atoms with E-state index in [9.17, 15) is 4.79 Å². The molecule has 0 spiro atoms. The molecular formula is C9H15BrN2O2. The minimum absolute atomic E-state index is 0.0513. The van der Waals surface area contributed by atoms with Gasteiger partial charge in [0.1, 0.15) is 4.47 Å². The van der Waals surface area contributed by atoms with E-state index in [1.165, 1.54) is 0 Å². The second-order valence-corrected chi connectivity index (χ2v) is 4.94. The molecule has 1 heterocycles. The molecule has 0 radical (unpaired) electrons. The van der Waals surface area contributed by atoms with Crippen molar-refractivity contribution in [3.8, 4) is 0 Å². The van der Waals surface area contributed by atoms with Gasteiger partial charge in [-0.1, -0.05) is 0 Å². The van der Waals surface area contributed by atoms with E-state index < -0.39 is 0 Å². The average Bonchev–Trinajstić information content (AvgIpc) is 2.32. The molecule has 0 unspecified atom stereocenters. The van der Waals surface area contributed by atoms with Crippen LogP contribution in [0.25, 0.3) is 0 Å². The molecule has 0 saturated carbocycles. The Hall–Kier alpha value is -0.550. The first kappa shape index (κ1) is 11.5. The first-order chi connectivity index (χ1) is 6.38. The highest BCUT2D eigenvalue weighted by Gasteiger charge is 2.20.